The Morgan fingerprint density at radius 2 is 1.63 bits per heavy atom. The fraction of sp³-hybridized carbons (Fsp3) is 0.125. The van der Waals surface area contributed by atoms with Crippen LogP contribution in [-0.2, 0) is 16.4 Å². The number of aromatic nitrogens is 1. The first-order valence-corrected chi connectivity index (χ1v) is 11.3. The molecule has 0 aliphatic carbocycles. The Labute approximate surface area is 176 Å². The number of rotatable bonds is 6. The minimum absolute atomic E-state index is 0.236. The molecule has 3 N–H and O–H groups in total. The molecule has 0 bridgehead atoms. The number of para-hydroxylation sites is 1. The van der Waals surface area contributed by atoms with Crippen LogP contribution in [0.5, 0.6) is 0 Å². The lowest BCUT2D eigenvalue weighted by Crippen LogP contribution is -2.77. The molecule has 0 spiro atoms. The molecule has 0 atom stereocenters. The molecule has 0 fully saturated rings. The van der Waals surface area contributed by atoms with Crippen molar-refractivity contribution >= 4 is 26.8 Å². The summed E-state index contributed by atoms with van der Waals surface area (Å²) in [5, 5.41) is 1.18. The smallest absolute Gasteiger partial charge is 0.328 e. The highest BCUT2D eigenvalue weighted by atomic mass is 32.2. The molecule has 0 saturated heterocycles. The normalized spacial score (nSPS) is 12.2. The largest absolute Gasteiger partial charge is 0.361 e. The zero-order chi connectivity index (χ0) is 21.0. The monoisotopic (exact) mass is 418 g/mol. The van der Waals surface area contributed by atoms with Crippen LogP contribution in [0.2, 0.25) is 0 Å². The van der Waals surface area contributed by atoms with Crippen LogP contribution >= 0.6 is 0 Å². The number of fused-ring (bicyclic) bond motifs is 1. The number of benzene rings is 3. The van der Waals surface area contributed by atoms with Gasteiger partial charge in [0.15, 0.2) is 0 Å². The van der Waals surface area contributed by atoms with Crippen LogP contribution in [-0.4, -0.2) is 25.8 Å². The van der Waals surface area contributed by atoms with E-state index in [9.17, 15) is 8.42 Å². The molecule has 152 valence electrons. The third kappa shape index (κ3) is 4.44. The van der Waals surface area contributed by atoms with Gasteiger partial charge in [-0.2, -0.15) is 13.1 Å². The maximum absolute atomic E-state index is 12.9. The summed E-state index contributed by atoms with van der Waals surface area (Å²) in [6.07, 6.45) is 2.76. The number of sulfonamides is 1. The summed E-state index contributed by atoms with van der Waals surface area (Å²) in [7, 11) is -3.70. The van der Waals surface area contributed by atoms with E-state index in [1.165, 1.54) is 10.9 Å². The Morgan fingerprint density at radius 3 is 2.40 bits per heavy atom. The summed E-state index contributed by atoms with van der Waals surface area (Å²) in [6.45, 7) is 2.51. The molecule has 4 aromatic rings. The van der Waals surface area contributed by atoms with Gasteiger partial charge in [0.1, 0.15) is 4.90 Å². The van der Waals surface area contributed by atoms with Crippen LogP contribution in [0.4, 0.5) is 0 Å². The Morgan fingerprint density at radius 1 is 0.933 bits per heavy atom. The van der Waals surface area contributed by atoms with Crippen molar-refractivity contribution in [1.82, 2.24) is 9.71 Å². The molecule has 5 nitrogen and oxygen atoms in total. The lowest BCUT2D eigenvalue weighted by molar-refractivity contribution is -0.457. The van der Waals surface area contributed by atoms with E-state index in [2.05, 4.69) is 20.8 Å². The summed E-state index contributed by atoms with van der Waals surface area (Å²) in [6, 6.07) is 24.4. The van der Waals surface area contributed by atoms with Crippen LogP contribution in [0.15, 0.2) is 90.0 Å². The Hall–Kier alpha value is -3.38. The first-order chi connectivity index (χ1) is 14.5. The number of aryl methyl sites for hydroxylation is 1. The quantitative estimate of drug-likeness (QED) is 0.332. The van der Waals surface area contributed by atoms with Gasteiger partial charge in [-0.3, -0.25) is 4.99 Å². The van der Waals surface area contributed by atoms with Crippen LogP contribution in [0.25, 0.3) is 10.9 Å². The molecule has 1 aromatic heterocycles. The second-order valence-electron chi connectivity index (χ2n) is 7.20. The zero-order valence-corrected chi connectivity index (χ0v) is 17.5. The van der Waals surface area contributed by atoms with Gasteiger partial charge in [-0.05, 0) is 42.8 Å². The summed E-state index contributed by atoms with van der Waals surface area (Å²) < 4.78 is 28.6. The predicted octanol–water partition coefficient (Wildman–Crippen LogP) is 2.52. The minimum atomic E-state index is -3.70. The van der Waals surface area contributed by atoms with E-state index in [1.54, 1.807) is 24.3 Å². The van der Waals surface area contributed by atoms with Gasteiger partial charge in [0.25, 0.3) is 5.84 Å². The summed E-state index contributed by atoms with van der Waals surface area (Å²) in [4.78, 5) is 6.80. The topological polar surface area (TPSA) is 75.9 Å². The molecule has 0 amide bonds. The van der Waals surface area contributed by atoms with Crippen molar-refractivity contribution in [1.29, 1.82) is 0 Å². The number of H-pyrrole nitrogens is 1. The van der Waals surface area contributed by atoms with Gasteiger partial charge in [0.05, 0.1) is 12.1 Å². The molecule has 30 heavy (non-hydrogen) atoms. The Bertz CT molecular complexity index is 1280. The van der Waals surface area contributed by atoms with Crippen LogP contribution < -0.4 is 9.71 Å². The van der Waals surface area contributed by atoms with Crippen molar-refractivity contribution in [3.8, 4) is 0 Å². The van der Waals surface area contributed by atoms with Gasteiger partial charge in [-0.1, -0.05) is 54.1 Å². The predicted molar refractivity (Wildman–Crippen MR) is 120 cm³/mol. The number of amidine groups is 1. The van der Waals surface area contributed by atoms with E-state index in [1.807, 2.05) is 61.7 Å². The molecule has 0 aliphatic rings. The van der Waals surface area contributed by atoms with Gasteiger partial charge < -0.3 is 4.98 Å². The highest BCUT2D eigenvalue weighted by Crippen LogP contribution is 2.17. The average Bonchev–Trinajstić information content (AvgIpc) is 3.17. The standard InChI is InChI=1S/C24H23N3O2S/c1-18-11-13-21(14-12-18)30(28,29)27-24(19-7-3-2-4-8-19)25-16-15-20-17-26-23-10-6-5-9-22(20)23/h2-14,17,26H,15-16H2,1H3,(H,25,27)/p+1. The lowest BCUT2D eigenvalue weighted by Gasteiger charge is -2.06. The van der Waals surface area contributed by atoms with E-state index in [-0.39, 0.29) is 4.90 Å². The fourth-order valence-electron chi connectivity index (χ4n) is 3.37. The van der Waals surface area contributed by atoms with E-state index < -0.39 is 10.0 Å². The first kappa shape index (κ1) is 19.9. The van der Waals surface area contributed by atoms with Gasteiger partial charge in [-0.25, -0.2) is 0 Å². The number of hydrogen-bond acceptors (Lipinski definition) is 2. The highest BCUT2D eigenvalue weighted by Gasteiger charge is 2.23. The molecular formula is C24H24N3O2S+. The molecular weight excluding hydrogens is 394 g/mol. The van der Waals surface area contributed by atoms with Crippen molar-refractivity contribution in [3.05, 3.63) is 102 Å². The van der Waals surface area contributed by atoms with Crippen LogP contribution in [0.1, 0.15) is 16.7 Å². The van der Waals surface area contributed by atoms with Gasteiger partial charge in [0, 0.05) is 23.5 Å². The molecule has 1 heterocycles. The average molecular weight is 419 g/mol. The summed E-state index contributed by atoms with van der Waals surface area (Å²) in [5.74, 6) is 0.469. The van der Waals surface area contributed by atoms with Crippen molar-refractivity contribution in [2.75, 3.05) is 6.54 Å². The second kappa shape index (κ2) is 8.55. The van der Waals surface area contributed by atoms with E-state index >= 15 is 0 Å². The SMILES string of the molecule is Cc1ccc(S(=O)(=O)NC(=[NH+]CCc2c[nH]c3ccccc23)c2ccccc2)cc1. The summed E-state index contributed by atoms with van der Waals surface area (Å²) >= 11 is 0. The maximum atomic E-state index is 12.9. The number of aromatic amines is 1. The van der Waals surface area contributed by atoms with E-state index in [0.717, 1.165) is 23.1 Å². The fourth-order valence-corrected chi connectivity index (χ4v) is 4.44. The van der Waals surface area contributed by atoms with Crippen molar-refractivity contribution in [2.45, 2.75) is 18.2 Å². The second-order valence-corrected chi connectivity index (χ2v) is 8.88. The van der Waals surface area contributed by atoms with Crippen LogP contribution in [0, 0.1) is 6.92 Å². The highest BCUT2D eigenvalue weighted by molar-refractivity contribution is 7.90. The third-order valence-electron chi connectivity index (χ3n) is 5.00. The molecule has 0 radical (unpaired) electrons. The molecule has 0 unspecified atom stereocenters. The van der Waals surface area contributed by atoms with Gasteiger partial charge in [0.2, 0.25) is 0 Å². The summed E-state index contributed by atoms with van der Waals surface area (Å²) in [5.41, 5.74) is 4.08. The first-order valence-electron chi connectivity index (χ1n) is 9.84. The molecule has 4 rings (SSSR count). The van der Waals surface area contributed by atoms with Crippen molar-refractivity contribution < 1.29 is 13.4 Å². The van der Waals surface area contributed by atoms with Gasteiger partial charge >= 0.3 is 10.0 Å². The minimum Gasteiger partial charge on any atom is -0.361 e. The van der Waals surface area contributed by atoms with Crippen molar-refractivity contribution in [2.24, 2.45) is 0 Å². The number of hydrogen-bond donors (Lipinski definition) is 3. The van der Waals surface area contributed by atoms with Crippen LogP contribution in [0.3, 0.4) is 0 Å². The Kier molecular flexibility index (Phi) is 5.68. The van der Waals surface area contributed by atoms with Gasteiger partial charge in [-0.15, -0.1) is 0 Å². The molecule has 6 heteroatoms. The maximum Gasteiger partial charge on any atom is 0.328 e. The van der Waals surface area contributed by atoms with E-state index in [4.69, 9.17) is 0 Å². The zero-order valence-electron chi connectivity index (χ0n) is 16.7. The third-order valence-corrected chi connectivity index (χ3v) is 6.37. The molecule has 0 saturated carbocycles. The Balaban J connectivity index is 1.59. The van der Waals surface area contributed by atoms with E-state index in [0.29, 0.717) is 12.4 Å². The lowest BCUT2D eigenvalue weighted by atomic mass is 10.1. The number of nitrogens with one attached hydrogen (secondary N) is 3. The molecule has 0 aliphatic heterocycles. The molecule has 3 aromatic carbocycles. The van der Waals surface area contributed by atoms with Crippen molar-refractivity contribution in [3.63, 3.8) is 0 Å².